The average Bonchev–Trinajstić information content (AvgIpc) is 2.69. The van der Waals surface area contributed by atoms with Crippen LogP contribution >= 0.6 is 11.8 Å². The van der Waals surface area contributed by atoms with Crippen LogP contribution in [0.25, 0.3) is 0 Å². The van der Waals surface area contributed by atoms with Gasteiger partial charge in [0.25, 0.3) is 5.56 Å². The normalized spacial score (nSPS) is 15.6. The molecule has 1 atom stereocenters. The lowest BCUT2D eigenvalue weighted by Gasteiger charge is -2.26. The van der Waals surface area contributed by atoms with Crippen molar-refractivity contribution in [1.82, 2.24) is 9.97 Å². The Bertz CT molecular complexity index is 943. The third-order valence-electron chi connectivity index (χ3n) is 4.08. The summed E-state index contributed by atoms with van der Waals surface area (Å²) < 4.78 is 11.6. The molecule has 0 saturated carbocycles. The van der Waals surface area contributed by atoms with E-state index in [1.165, 1.54) is 17.3 Å². The van der Waals surface area contributed by atoms with E-state index >= 15 is 0 Å². The summed E-state index contributed by atoms with van der Waals surface area (Å²) in [6.45, 7) is 0.418. The second kappa shape index (κ2) is 7.66. The zero-order chi connectivity index (χ0) is 17.8. The lowest BCUT2D eigenvalue weighted by Crippen LogP contribution is -2.33. The summed E-state index contributed by atoms with van der Waals surface area (Å²) in [6, 6.07) is 17.6. The molecule has 2 aromatic carbocycles. The Labute approximate surface area is 155 Å². The number of hydrogen-bond acceptors (Lipinski definition) is 5. The average molecular weight is 366 g/mol. The molecule has 26 heavy (non-hydrogen) atoms. The van der Waals surface area contributed by atoms with Crippen LogP contribution in [-0.2, 0) is 12.2 Å². The number of benzene rings is 2. The van der Waals surface area contributed by atoms with Crippen molar-refractivity contribution in [3.8, 4) is 11.5 Å². The van der Waals surface area contributed by atoms with Crippen molar-refractivity contribution in [3.63, 3.8) is 0 Å². The Hall–Kier alpha value is -2.73. The first kappa shape index (κ1) is 16.7. The molecule has 0 bridgehead atoms. The van der Waals surface area contributed by atoms with Crippen LogP contribution in [-0.4, -0.2) is 22.7 Å². The number of fused-ring (bicyclic) bond motifs is 1. The second-order valence-corrected chi connectivity index (χ2v) is 6.98. The molecule has 2 heterocycles. The zero-order valence-corrected chi connectivity index (χ0v) is 14.9. The fraction of sp³-hybridized carbons (Fsp3) is 0.200. The summed E-state index contributed by atoms with van der Waals surface area (Å²) in [5.74, 6) is 2.21. The number of aromatic amines is 1. The molecule has 0 saturated heterocycles. The lowest BCUT2D eigenvalue weighted by atomic mass is 10.1. The third-order valence-corrected chi connectivity index (χ3v) is 5.04. The summed E-state index contributed by atoms with van der Waals surface area (Å²) in [4.78, 5) is 19.6. The van der Waals surface area contributed by atoms with Gasteiger partial charge in [0.2, 0.25) is 0 Å². The van der Waals surface area contributed by atoms with E-state index in [0.29, 0.717) is 29.5 Å². The van der Waals surface area contributed by atoms with Crippen LogP contribution in [0.2, 0.25) is 0 Å². The van der Waals surface area contributed by atoms with Crippen molar-refractivity contribution in [1.29, 1.82) is 0 Å². The molecular formula is C20H18N2O3S. The highest BCUT2D eigenvalue weighted by Crippen LogP contribution is 2.31. The van der Waals surface area contributed by atoms with E-state index in [2.05, 4.69) is 22.1 Å². The quantitative estimate of drug-likeness (QED) is 0.553. The molecule has 1 unspecified atom stereocenters. The predicted molar refractivity (Wildman–Crippen MR) is 101 cm³/mol. The van der Waals surface area contributed by atoms with Gasteiger partial charge in [-0.3, -0.25) is 4.79 Å². The minimum atomic E-state index is -0.198. The SMILES string of the molecule is O=c1[nH]c(SCc2ccccc2)ncc1CC1COc2ccccc2O1. The molecule has 0 radical (unpaired) electrons. The van der Waals surface area contributed by atoms with E-state index in [0.717, 1.165) is 11.5 Å². The molecule has 4 rings (SSSR count). The van der Waals surface area contributed by atoms with Crippen molar-refractivity contribution >= 4 is 11.8 Å². The number of aromatic nitrogens is 2. The molecule has 0 spiro atoms. The first-order chi connectivity index (χ1) is 12.8. The van der Waals surface area contributed by atoms with Gasteiger partial charge in [0.05, 0.1) is 0 Å². The van der Waals surface area contributed by atoms with Crippen molar-refractivity contribution in [2.75, 3.05) is 6.61 Å². The van der Waals surface area contributed by atoms with Crippen LogP contribution in [0.5, 0.6) is 11.5 Å². The number of para-hydroxylation sites is 2. The van der Waals surface area contributed by atoms with Gasteiger partial charge in [-0.15, -0.1) is 0 Å². The van der Waals surface area contributed by atoms with E-state index in [4.69, 9.17) is 9.47 Å². The molecule has 0 amide bonds. The fourth-order valence-corrected chi connectivity index (χ4v) is 3.55. The molecular weight excluding hydrogens is 348 g/mol. The second-order valence-electron chi connectivity index (χ2n) is 6.02. The maximum atomic E-state index is 12.4. The van der Waals surface area contributed by atoms with Gasteiger partial charge >= 0.3 is 0 Å². The minimum absolute atomic E-state index is 0.127. The van der Waals surface area contributed by atoms with Crippen molar-refractivity contribution in [2.24, 2.45) is 0 Å². The molecule has 1 N–H and O–H groups in total. The van der Waals surface area contributed by atoms with E-state index < -0.39 is 0 Å². The molecule has 6 heteroatoms. The minimum Gasteiger partial charge on any atom is -0.486 e. The molecule has 1 aliphatic heterocycles. The highest BCUT2D eigenvalue weighted by Gasteiger charge is 2.22. The maximum Gasteiger partial charge on any atom is 0.254 e. The maximum absolute atomic E-state index is 12.4. The number of thioether (sulfide) groups is 1. The zero-order valence-electron chi connectivity index (χ0n) is 14.1. The third kappa shape index (κ3) is 3.91. The summed E-state index contributed by atoms with van der Waals surface area (Å²) in [7, 11) is 0. The van der Waals surface area contributed by atoms with Crippen molar-refractivity contribution < 1.29 is 9.47 Å². The Morgan fingerprint density at radius 1 is 1.08 bits per heavy atom. The number of H-pyrrole nitrogens is 1. The highest BCUT2D eigenvalue weighted by molar-refractivity contribution is 7.98. The largest absolute Gasteiger partial charge is 0.486 e. The van der Waals surface area contributed by atoms with Gasteiger partial charge < -0.3 is 14.5 Å². The van der Waals surface area contributed by atoms with Gasteiger partial charge in [0.15, 0.2) is 16.7 Å². The molecule has 1 aromatic heterocycles. The van der Waals surface area contributed by atoms with Crippen LogP contribution in [0, 0.1) is 0 Å². The fourth-order valence-electron chi connectivity index (χ4n) is 2.76. The summed E-state index contributed by atoms with van der Waals surface area (Å²) in [5.41, 5.74) is 1.66. The summed E-state index contributed by atoms with van der Waals surface area (Å²) in [6.07, 6.45) is 1.90. The van der Waals surface area contributed by atoms with Gasteiger partial charge in [-0.2, -0.15) is 0 Å². The van der Waals surface area contributed by atoms with Crippen molar-refractivity contribution in [3.05, 3.63) is 82.3 Å². The standard InChI is InChI=1S/C20H18N2O3S/c23-19-15(10-16-12-24-17-8-4-5-9-18(17)25-16)11-21-20(22-19)26-13-14-6-2-1-3-7-14/h1-9,11,16H,10,12-13H2,(H,21,22,23). The Balaban J connectivity index is 1.40. The number of nitrogens with zero attached hydrogens (tertiary/aromatic N) is 1. The number of rotatable bonds is 5. The smallest absolute Gasteiger partial charge is 0.254 e. The predicted octanol–water partition coefficient (Wildman–Crippen LogP) is 3.44. The number of nitrogens with one attached hydrogen (secondary N) is 1. The van der Waals surface area contributed by atoms with E-state index in [-0.39, 0.29) is 11.7 Å². The first-order valence-corrected chi connectivity index (χ1v) is 9.40. The summed E-state index contributed by atoms with van der Waals surface area (Å²) >= 11 is 1.51. The van der Waals surface area contributed by atoms with Crippen LogP contribution in [0.4, 0.5) is 0 Å². The number of hydrogen-bond donors (Lipinski definition) is 1. The first-order valence-electron chi connectivity index (χ1n) is 8.41. The summed E-state index contributed by atoms with van der Waals surface area (Å²) in [5, 5.41) is 0.619. The molecule has 0 fully saturated rings. The molecule has 5 nitrogen and oxygen atoms in total. The van der Waals surface area contributed by atoms with Crippen LogP contribution in [0.15, 0.2) is 70.7 Å². The topological polar surface area (TPSA) is 64.2 Å². The van der Waals surface area contributed by atoms with E-state index in [1.54, 1.807) is 6.20 Å². The van der Waals surface area contributed by atoms with Crippen molar-refractivity contribution in [2.45, 2.75) is 23.4 Å². The molecule has 1 aliphatic rings. The van der Waals surface area contributed by atoms with Gasteiger partial charge in [-0.25, -0.2) is 4.98 Å². The Morgan fingerprint density at radius 2 is 1.85 bits per heavy atom. The number of ether oxygens (including phenoxy) is 2. The van der Waals surface area contributed by atoms with Gasteiger partial charge in [0.1, 0.15) is 12.7 Å². The van der Waals surface area contributed by atoms with Gasteiger partial charge in [0, 0.05) is 23.9 Å². The van der Waals surface area contributed by atoms with Crippen LogP contribution in [0.3, 0.4) is 0 Å². The van der Waals surface area contributed by atoms with E-state index in [1.807, 2.05) is 42.5 Å². The van der Waals surface area contributed by atoms with Crippen LogP contribution < -0.4 is 15.0 Å². The Kier molecular flexibility index (Phi) is 4.93. The Morgan fingerprint density at radius 3 is 2.65 bits per heavy atom. The lowest BCUT2D eigenvalue weighted by molar-refractivity contribution is 0.0910. The highest BCUT2D eigenvalue weighted by atomic mass is 32.2. The van der Waals surface area contributed by atoms with E-state index in [9.17, 15) is 4.79 Å². The molecule has 3 aromatic rings. The monoisotopic (exact) mass is 366 g/mol. The molecule has 132 valence electrons. The van der Waals surface area contributed by atoms with Crippen LogP contribution in [0.1, 0.15) is 11.1 Å². The van der Waals surface area contributed by atoms with Gasteiger partial charge in [-0.1, -0.05) is 54.2 Å². The molecule has 0 aliphatic carbocycles. The van der Waals surface area contributed by atoms with Gasteiger partial charge in [-0.05, 0) is 17.7 Å².